The molecule has 0 saturated carbocycles. The number of carbonyl (C=O) groups is 1. The first-order valence-corrected chi connectivity index (χ1v) is 9.58. The molecule has 1 N–H and O–H groups in total. The number of halogens is 1. The smallest absolute Gasteiger partial charge is 0.228 e. The number of carbonyl (C=O) groups excluding carboxylic acids is 1. The molecule has 0 unspecified atom stereocenters. The van der Waals surface area contributed by atoms with E-state index in [0.29, 0.717) is 11.4 Å². The molecule has 1 aromatic heterocycles. The number of hydrogen-bond acceptors (Lipinski definition) is 3. The van der Waals surface area contributed by atoms with Crippen LogP contribution in [0, 0.1) is 6.92 Å². The van der Waals surface area contributed by atoms with E-state index in [4.69, 9.17) is 16.6 Å². The predicted octanol–water partition coefficient (Wildman–Crippen LogP) is 5.22. The van der Waals surface area contributed by atoms with E-state index in [1.54, 1.807) is 12.1 Å². The van der Waals surface area contributed by atoms with Gasteiger partial charge < -0.3 is 10.2 Å². The fraction of sp³-hybridized carbons (Fsp3) is 0.273. The van der Waals surface area contributed by atoms with Gasteiger partial charge in [0.25, 0.3) is 0 Å². The molecular weight excluding hydrogens is 358 g/mol. The molecule has 0 atom stereocenters. The Morgan fingerprint density at radius 2 is 1.78 bits per heavy atom. The second kappa shape index (κ2) is 8.40. The zero-order chi connectivity index (χ0) is 19.4. The van der Waals surface area contributed by atoms with Crippen LogP contribution >= 0.6 is 11.6 Å². The molecule has 1 amide bonds. The van der Waals surface area contributed by atoms with Crippen molar-refractivity contribution in [1.29, 1.82) is 0 Å². The zero-order valence-electron chi connectivity index (χ0n) is 15.9. The summed E-state index contributed by atoms with van der Waals surface area (Å²) in [5.74, 6) is 0.937. The summed E-state index contributed by atoms with van der Waals surface area (Å²) in [6.45, 7) is 8.19. The molecule has 0 aliphatic carbocycles. The van der Waals surface area contributed by atoms with E-state index < -0.39 is 0 Å². The van der Waals surface area contributed by atoms with Gasteiger partial charge >= 0.3 is 0 Å². The van der Waals surface area contributed by atoms with Gasteiger partial charge in [-0.3, -0.25) is 4.79 Å². The quantitative estimate of drug-likeness (QED) is 0.636. The molecule has 0 spiro atoms. The van der Waals surface area contributed by atoms with Gasteiger partial charge in [0.2, 0.25) is 5.91 Å². The van der Waals surface area contributed by atoms with Crippen LogP contribution in [0.4, 0.5) is 11.5 Å². The third-order valence-electron chi connectivity index (χ3n) is 4.65. The number of benzene rings is 2. The Hall–Kier alpha value is -2.59. The van der Waals surface area contributed by atoms with Crippen molar-refractivity contribution in [2.24, 2.45) is 0 Å². The molecule has 4 nitrogen and oxygen atoms in total. The van der Waals surface area contributed by atoms with E-state index in [1.165, 1.54) is 0 Å². The van der Waals surface area contributed by atoms with Gasteiger partial charge in [-0.05, 0) is 68.3 Å². The molecule has 0 bridgehead atoms. The van der Waals surface area contributed by atoms with E-state index in [0.717, 1.165) is 46.6 Å². The average Bonchev–Trinajstić information content (AvgIpc) is 2.65. The highest BCUT2D eigenvalue weighted by atomic mass is 35.5. The molecule has 3 aromatic rings. The van der Waals surface area contributed by atoms with Crippen LogP contribution in [0.25, 0.3) is 10.9 Å². The number of nitrogens with zero attached hydrogens (tertiary/aromatic N) is 2. The van der Waals surface area contributed by atoms with Crippen LogP contribution in [0.15, 0.2) is 48.5 Å². The number of aryl methyl sites for hydroxylation is 1. The van der Waals surface area contributed by atoms with Gasteiger partial charge in [-0.1, -0.05) is 23.7 Å². The molecule has 5 heteroatoms. The van der Waals surface area contributed by atoms with Crippen molar-refractivity contribution < 1.29 is 4.79 Å². The van der Waals surface area contributed by atoms with Crippen molar-refractivity contribution in [3.8, 4) is 0 Å². The number of hydrogen-bond donors (Lipinski definition) is 1. The van der Waals surface area contributed by atoms with Crippen molar-refractivity contribution in [2.75, 3.05) is 23.3 Å². The first-order chi connectivity index (χ1) is 13.0. The van der Waals surface area contributed by atoms with Crippen molar-refractivity contribution in [1.82, 2.24) is 4.98 Å². The highest BCUT2D eigenvalue weighted by Gasteiger charge is 2.10. The SMILES string of the molecule is CCN(CC)c1cc(C)c2cc(NC(=O)Cc3ccc(Cl)cc3)ccc2n1. The van der Waals surface area contributed by atoms with E-state index in [2.05, 4.69) is 37.1 Å². The van der Waals surface area contributed by atoms with Crippen molar-refractivity contribution >= 4 is 39.9 Å². The third-order valence-corrected chi connectivity index (χ3v) is 4.90. The molecule has 3 rings (SSSR count). The van der Waals surface area contributed by atoms with Crippen LogP contribution in [-0.4, -0.2) is 24.0 Å². The molecular formula is C22H24ClN3O. The highest BCUT2D eigenvalue weighted by Crippen LogP contribution is 2.25. The van der Waals surface area contributed by atoms with Crippen molar-refractivity contribution in [2.45, 2.75) is 27.2 Å². The minimum absolute atomic E-state index is 0.0537. The van der Waals surface area contributed by atoms with Crippen LogP contribution in [-0.2, 0) is 11.2 Å². The molecule has 27 heavy (non-hydrogen) atoms. The minimum atomic E-state index is -0.0537. The largest absolute Gasteiger partial charge is 0.357 e. The molecule has 1 heterocycles. The number of amides is 1. The number of rotatable bonds is 6. The lowest BCUT2D eigenvalue weighted by Crippen LogP contribution is -2.23. The summed E-state index contributed by atoms with van der Waals surface area (Å²) in [6.07, 6.45) is 0.313. The molecule has 0 radical (unpaired) electrons. The Bertz CT molecular complexity index is 950. The topological polar surface area (TPSA) is 45.2 Å². The van der Waals surface area contributed by atoms with Gasteiger partial charge in [-0.15, -0.1) is 0 Å². The second-order valence-electron chi connectivity index (χ2n) is 6.55. The van der Waals surface area contributed by atoms with Gasteiger partial charge in [0.15, 0.2) is 0 Å². The van der Waals surface area contributed by atoms with Crippen molar-refractivity contribution in [3.63, 3.8) is 0 Å². The van der Waals surface area contributed by atoms with Gasteiger partial charge in [-0.25, -0.2) is 4.98 Å². The lowest BCUT2D eigenvalue weighted by molar-refractivity contribution is -0.115. The number of anilines is 2. The number of pyridine rings is 1. The fourth-order valence-electron chi connectivity index (χ4n) is 3.16. The average molecular weight is 382 g/mol. The van der Waals surface area contributed by atoms with Crippen molar-refractivity contribution in [3.05, 3.63) is 64.7 Å². The number of nitrogens with one attached hydrogen (secondary N) is 1. The summed E-state index contributed by atoms with van der Waals surface area (Å²) in [5.41, 5.74) is 3.80. The van der Waals surface area contributed by atoms with E-state index in [9.17, 15) is 4.79 Å². The van der Waals surface area contributed by atoms with Gasteiger partial charge in [0.1, 0.15) is 5.82 Å². The van der Waals surface area contributed by atoms with Gasteiger partial charge in [0, 0.05) is 29.2 Å². The minimum Gasteiger partial charge on any atom is -0.357 e. The second-order valence-corrected chi connectivity index (χ2v) is 6.99. The van der Waals surface area contributed by atoms with Crippen LogP contribution in [0.1, 0.15) is 25.0 Å². The van der Waals surface area contributed by atoms with Crippen LogP contribution < -0.4 is 10.2 Å². The fourth-order valence-corrected chi connectivity index (χ4v) is 3.28. The Labute approximate surface area is 165 Å². The van der Waals surface area contributed by atoms with Crippen LogP contribution in [0.3, 0.4) is 0 Å². The first kappa shape index (κ1) is 19.2. The standard InChI is InChI=1S/C22H24ClN3O/c1-4-26(5-2)21-12-15(3)19-14-18(10-11-20(19)25-21)24-22(27)13-16-6-8-17(23)9-7-16/h6-12,14H,4-5,13H2,1-3H3,(H,24,27). The first-order valence-electron chi connectivity index (χ1n) is 9.20. The predicted molar refractivity (Wildman–Crippen MR) is 114 cm³/mol. The maximum absolute atomic E-state index is 12.3. The Morgan fingerprint density at radius 1 is 1.07 bits per heavy atom. The third kappa shape index (κ3) is 4.58. The summed E-state index contributed by atoms with van der Waals surface area (Å²) in [5, 5.41) is 4.69. The van der Waals surface area contributed by atoms with E-state index >= 15 is 0 Å². The zero-order valence-corrected chi connectivity index (χ0v) is 16.7. The van der Waals surface area contributed by atoms with Gasteiger partial charge in [0.05, 0.1) is 11.9 Å². The summed E-state index contributed by atoms with van der Waals surface area (Å²) in [6, 6.07) is 15.3. The Balaban J connectivity index is 1.79. The molecule has 140 valence electrons. The molecule has 0 aliphatic heterocycles. The Morgan fingerprint density at radius 3 is 2.44 bits per heavy atom. The molecule has 0 fully saturated rings. The molecule has 2 aromatic carbocycles. The van der Waals surface area contributed by atoms with Gasteiger partial charge in [-0.2, -0.15) is 0 Å². The maximum Gasteiger partial charge on any atom is 0.228 e. The lowest BCUT2D eigenvalue weighted by atomic mass is 10.1. The molecule has 0 saturated heterocycles. The van der Waals surface area contributed by atoms with Crippen LogP contribution in [0.2, 0.25) is 5.02 Å². The molecule has 0 aliphatic rings. The van der Waals surface area contributed by atoms with E-state index in [1.807, 2.05) is 30.3 Å². The summed E-state index contributed by atoms with van der Waals surface area (Å²) in [4.78, 5) is 19.3. The monoisotopic (exact) mass is 381 g/mol. The number of aromatic nitrogens is 1. The highest BCUT2D eigenvalue weighted by molar-refractivity contribution is 6.30. The summed E-state index contributed by atoms with van der Waals surface area (Å²) >= 11 is 5.89. The number of fused-ring (bicyclic) bond motifs is 1. The lowest BCUT2D eigenvalue weighted by Gasteiger charge is -2.21. The normalized spacial score (nSPS) is 10.8. The Kier molecular flexibility index (Phi) is 5.97. The maximum atomic E-state index is 12.3. The van der Waals surface area contributed by atoms with E-state index in [-0.39, 0.29) is 5.91 Å². The summed E-state index contributed by atoms with van der Waals surface area (Å²) < 4.78 is 0. The van der Waals surface area contributed by atoms with Crippen LogP contribution in [0.5, 0.6) is 0 Å². The summed E-state index contributed by atoms with van der Waals surface area (Å²) in [7, 11) is 0.